The number of benzene rings is 1. The normalized spacial score (nSPS) is 10.9. The second kappa shape index (κ2) is 9.01. The Bertz CT molecular complexity index is 1220. The minimum atomic E-state index is -0.214. The average Bonchev–Trinajstić information content (AvgIpc) is 3.54. The van der Waals surface area contributed by atoms with E-state index in [0.29, 0.717) is 41.6 Å². The number of furan rings is 1. The van der Waals surface area contributed by atoms with Crippen LogP contribution >= 0.6 is 0 Å². The Balaban J connectivity index is 1.45. The molecule has 0 aliphatic carbocycles. The van der Waals surface area contributed by atoms with Gasteiger partial charge in [-0.05, 0) is 36.4 Å². The maximum Gasteiger partial charge on any atom is 0.269 e. The summed E-state index contributed by atoms with van der Waals surface area (Å²) >= 11 is 0. The van der Waals surface area contributed by atoms with E-state index in [1.807, 2.05) is 48.1 Å². The number of hydrogen-bond acceptors (Lipinski definition) is 6. The van der Waals surface area contributed by atoms with E-state index in [-0.39, 0.29) is 5.91 Å². The molecule has 0 fully saturated rings. The lowest BCUT2D eigenvalue weighted by Crippen LogP contribution is -2.28. The molecule has 1 aromatic carbocycles. The van der Waals surface area contributed by atoms with E-state index in [4.69, 9.17) is 13.9 Å². The van der Waals surface area contributed by atoms with Gasteiger partial charge in [-0.25, -0.2) is 4.98 Å². The van der Waals surface area contributed by atoms with Crippen molar-refractivity contribution in [3.63, 3.8) is 0 Å². The van der Waals surface area contributed by atoms with E-state index >= 15 is 0 Å². The van der Waals surface area contributed by atoms with Crippen molar-refractivity contribution >= 4 is 5.91 Å². The van der Waals surface area contributed by atoms with Gasteiger partial charge in [-0.15, -0.1) is 0 Å². The number of nitrogens with zero attached hydrogens (tertiary/aromatic N) is 4. The van der Waals surface area contributed by atoms with Gasteiger partial charge in [0.25, 0.3) is 5.91 Å². The lowest BCUT2D eigenvalue weighted by Gasteiger charge is -2.08. The van der Waals surface area contributed by atoms with E-state index in [1.54, 1.807) is 38.3 Å². The van der Waals surface area contributed by atoms with Gasteiger partial charge in [-0.3, -0.25) is 9.48 Å². The summed E-state index contributed by atoms with van der Waals surface area (Å²) < 4.78 is 19.6. The molecule has 4 rings (SSSR count). The summed E-state index contributed by atoms with van der Waals surface area (Å²) in [7, 11) is 6.85. The molecule has 1 amide bonds. The van der Waals surface area contributed by atoms with E-state index in [1.165, 1.54) is 0 Å². The summed E-state index contributed by atoms with van der Waals surface area (Å²) in [5.74, 6) is 2.68. The molecule has 3 heterocycles. The molecule has 0 bridgehead atoms. The van der Waals surface area contributed by atoms with E-state index < -0.39 is 0 Å². The average molecular weight is 435 g/mol. The Kier molecular flexibility index (Phi) is 5.98. The van der Waals surface area contributed by atoms with Gasteiger partial charge in [0.2, 0.25) is 0 Å². The van der Waals surface area contributed by atoms with Crippen LogP contribution in [0.1, 0.15) is 16.3 Å². The van der Waals surface area contributed by atoms with Crippen LogP contribution in [-0.4, -0.2) is 46.0 Å². The molecule has 32 heavy (non-hydrogen) atoms. The molecule has 0 spiro atoms. The molecule has 0 saturated carbocycles. The number of imidazole rings is 1. The van der Waals surface area contributed by atoms with Gasteiger partial charge in [0.1, 0.15) is 28.7 Å². The van der Waals surface area contributed by atoms with Crippen molar-refractivity contribution in [2.75, 3.05) is 20.8 Å². The minimum absolute atomic E-state index is 0.214. The van der Waals surface area contributed by atoms with Crippen LogP contribution in [0.15, 0.2) is 53.3 Å². The first-order valence-corrected chi connectivity index (χ1v) is 10.1. The highest BCUT2D eigenvalue weighted by Crippen LogP contribution is 2.32. The summed E-state index contributed by atoms with van der Waals surface area (Å²) in [6, 6.07) is 10.9. The molecule has 166 valence electrons. The second-order valence-corrected chi connectivity index (χ2v) is 7.24. The number of aromatic nitrogens is 4. The Morgan fingerprint density at radius 2 is 1.97 bits per heavy atom. The molecule has 9 heteroatoms. The molecule has 1 N–H and O–H groups in total. The molecule has 0 unspecified atom stereocenters. The largest absolute Gasteiger partial charge is 0.497 e. The maximum atomic E-state index is 12.8. The van der Waals surface area contributed by atoms with E-state index in [2.05, 4.69) is 15.4 Å². The van der Waals surface area contributed by atoms with Crippen LogP contribution in [0.25, 0.3) is 22.7 Å². The number of hydrogen-bond donors (Lipinski definition) is 1. The standard InChI is InChI=1S/C23H25N5O4/c1-27-14-18(21-6-5-11-32-21)25-22(27)9-10-24-23(29)19-13-17(26-28(19)2)16-12-15(30-3)7-8-20(16)31-4/h5-8,11-14H,9-10H2,1-4H3,(H,24,29). The van der Waals surface area contributed by atoms with Crippen molar-refractivity contribution in [3.8, 4) is 34.2 Å². The molecule has 9 nitrogen and oxygen atoms in total. The summed E-state index contributed by atoms with van der Waals surface area (Å²) in [6.07, 6.45) is 4.11. The van der Waals surface area contributed by atoms with Gasteiger partial charge in [0.05, 0.1) is 26.2 Å². The predicted octanol–water partition coefficient (Wildman–Crippen LogP) is 3.07. The third-order valence-corrected chi connectivity index (χ3v) is 5.18. The highest BCUT2D eigenvalue weighted by atomic mass is 16.5. The van der Waals surface area contributed by atoms with Gasteiger partial charge in [-0.1, -0.05) is 0 Å². The summed E-state index contributed by atoms with van der Waals surface area (Å²) in [6.45, 7) is 0.435. The molecule has 0 saturated heterocycles. The number of methoxy groups -OCH3 is 2. The Morgan fingerprint density at radius 3 is 2.69 bits per heavy atom. The fourth-order valence-electron chi connectivity index (χ4n) is 3.48. The first kappa shape index (κ1) is 21.2. The van der Waals surface area contributed by atoms with Gasteiger partial charge in [-0.2, -0.15) is 5.10 Å². The number of ether oxygens (including phenoxy) is 2. The van der Waals surface area contributed by atoms with Crippen LogP contribution in [0.3, 0.4) is 0 Å². The zero-order valence-electron chi connectivity index (χ0n) is 18.5. The monoisotopic (exact) mass is 435 g/mol. The lowest BCUT2D eigenvalue weighted by atomic mass is 10.1. The van der Waals surface area contributed by atoms with Crippen molar-refractivity contribution in [2.24, 2.45) is 14.1 Å². The number of carbonyl (C=O) groups is 1. The molecule has 0 aliphatic heterocycles. The van der Waals surface area contributed by atoms with Crippen molar-refractivity contribution in [1.82, 2.24) is 24.6 Å². The molecule has 0 radical (unpaired) electrons. The number of carbonyl (C=O) groups excluding carboxylic acids is 1. The first-order valence-electron chi connectivity index (χ1n) is 10.1. The second-order valence-electron chi connectivity index (χ2n) is 7.24. The van der Waals surface area contributed by atoms with Crippen LogP contribution in [0, 0.1) is 0 Å². The first-order chi connectivity index (χ1) is 15.5. The molecule has 0 aliphatic rings. The van der Waals surface area contributed by atoms with E-state index in [0.717, 1.165) is 17.1 Å². The number of nitrogens with one attached hydrogen (secondary N) is 1. The topological polar surface area (TPSA) is 96.3 Å². The van der Waals surface area contributed by atoms with Crippen molar-refractivity contribution < 1.29 is 18.7 Å². The molecule has 0 atom stereocenters. The van der Waals surface area contributed by atoms with Gasteiger partial charge < -0.3 is 23.8 Å². The van der Waals surface area contributed by atoms with Crippen LogP contribution in [-0.2, 0) is 20.5 Å². The number of rotatable bonds is 8. The summed E-state index contributed by atoms with van der Waals surface area (Å²) in [5.41, 5.74) is 2.59. The van der Waals surface area contributed by atoms with Crippen LogP contribution < -0.4 is 14.8 Å². The molecular formula is C23H25N5O4. The SMILES string of the molecule is COc1ccc(OC)c(-c2cc(C(=O)NCCc3nc(-c4ccco4)cn3C)n(C)n2)c1. The smallest absolute Gasteiger partial charge is 0.269 e. The van der Waals surface area contributed by atoms with Crippen LogP contribution in [0.4, 0.5) is 0 Å². The zero-order valence-corrected chi connectivity index (χ0v) is 18.5. The van der Waals surface area contributed by atoms with Crippen LogP contribution in [0.5, 0.6) is 11.5 Å². The molecule has 3 aromatic heterocycles. The molecule has 4 aromatic rings. The molecular weight excluding hydrogens is 410 g/mol. The fourth-order valence-corrected chi connectivity index (χ4v) is 3.48. The Labute approximate surface area is 185 Å². The van der Waals surface area contributed by atoms with Crippen LogP contribution in [0.2, 0.25) is 0 Å². The zero-order chi connectivity index (χ0) is 22.7. The minimum Gasteiger partial charge on any atom is -0.497 e. The maximum absolute atomic E-state index is 12.8. The lowest BCUT2D eigenvalue weighted by molar-refractivity contribution is 0.0944. The Hall–Kier alpha value is -4.01. The predicted molar refractivity (Wildman–Crippen MR) is 119 cm³/mol. The van der Waals surface area contributed by atoms with Crippen molar-refractivity contribution in [1.29, 1.82) is 0 Å². The van der Waals surface area contributed by atoms with Gasteiger partial charge in [0.15, 0.2) is 5.76 Å². The quantitative estimate of drug-likeness (QED) is 0.457. The summed E-state index contributed by atoms with van der Waals surface area (Å²) in [4.78, 5) is 17.4. The van der Waals surface area contributed by atoms with Gasteiger partial charge in [0, 0.05) is 38.8 Å². The fraction of sp³-hybridized carbons (Fsp3) is 0.261. The Morgan fingerprint density at radius 1 is 1.12 bits per heavy atom. The number of amides is 1. The van der Waals surface area contributed by atoms with Crippen molar-refractivity contribution in [2.45, 2.75) is 6.42 Å². The van der Waals surface area contributed by atoms with Gasteiger partial charge >= 0.3 is 0 Å². The third kappa shape index (κ3) is 4.22. The number of aryl methyl sites for hydroxylation is 2. The summed E-state index contributed by atoms with van der Waals surface area (Å²) in [5, 5.41) is 7.43. The third-order valence-electron chi connectivity index (χ3n) is 5.18. The highest BCUT2D eigenvalue weighted by Gasteiger charge is 2.18. The van der Waals surface area contributed by atoms with Crippen molar-refractivity contribution in [3.05, 3.63) is 60.4 Å². The highest BCUT2D eigenvalue weighted by molar-refractivity contribution is 5.94. The van der Waals surface area contributed by atoms with E-state index in [9.17, 15) is 4.79 Å².